The van der Waals surface area contributed by atoms with Crippen molar-refractivity contribution in [2.24, 2.45) is 0 Å². The first-order valence-electron chi connectivity index (χ1n) is 5.98. The summed E-state index contributed by atoms with van der Waals surface area (Å²) in [4.78, 5) is 13.8. The van der Waals surface area contributed by atoms with E-state index in [1.807, 2.05) is 35.2 Å². The van der Waals surface area contributed by atoms with Gasteiger partial charge in [0.05, 0.1) is 0 Å². The maximum Gasteiger partial charge on any atom is 0.246 e. The van der Waals surface area contributed by atoms with Crippen LogP contribution in [0.15, 0.2) is 30.3 Å². The van der Waals surface area contributed by atoms with Gasteiger partial charge in [0, 0.05) is 24.2 Å². The van der Waals surface area contributed by atoms with Crippen molar-refractivity contribution in [2.45, 2.75) is 19.3 Å². The standard InChI is InChI=1S/C14H16ClNO/c15-13-7-4-12(5-8-13)6-9-14(17)16-10-2-1-3-11-16/h4-9H,1-3,10-11H2/b9-6-. The number of rotatable bonds is 2. The Morgan fingerprint density at radius 2 is 1.76 bits per heavy atom. The van der Waals surface area contributed by atoms with Gasteiger partial charge >= 0.3 is 0 Å². The number of hydrogen-bond acceptors (Lipinski definition) is 1. The Morgan fingerprint density at radius 3 is 2.41 bits per heavy atom. The van der Waals surface area contributed by atoms with Crippen LogP contribution in [0.4, 0.5) is 0 Å². The van der Waals surface area contributed by atoms with Gasteiger partial charge in [0.15, 0.2) is 0 Å². The SMILES string of the molecule is O=C(/C=C\c1ccc(Cl)cc1)N1CCCCC1. The van der Waals surface area contributed by atoms with Crippen molar-refractivity contribution < 1.29 is 4.79 Å². The first-order valence-corrected chi connectivity index (χ1v) is 6.36. The largest absolute Gasteiger partial charge is 0.339 e. The lowest BCUT2D eigenvalue weighted by molar-refractivity contribution is -0.126. The third-order valence-electron chi connectivity index (χ3n) is 2.96. The lowest BCUT2D eigenvalue weighted by Gasteiger charge is -2.25. The molecule has 17 heavy (non-hydrogen) atoms. The smallest absolute Gasteiger partial charge is 0.246 e. The Morgan fingerprint density at radius 1 is 1.12 bits per heavy atom. The molecule has 0 unspecified atom stereocenters. The molecule has 1 amide bonds. The van der Waals surface area contributed by atoms with Crippen LogP contribution < -0.4 is 0 Å². The van der Waals surface area contributed by atoms with Crippen molar-refractivity contribution in [1.29, 1.82) is 0 Å². The van der Waals surface area contributed by atoms with E-state index in [2.05, 4.69) is 0 Å². The molecule has 0 N–H and O–H groups in total. The van der Waals surface area contributed by atoms with Gasteiger partial charge in [-0.2, -0.15) is 0 Å². The molecular formula is C14H16ClNO. The van der Waals surface area contributed by atoms with Crippen LogP contribution in [-0.2, 0) is 4.79 Å². The molecule has 1 heterocycles. The molecule has 0 aromatic heterocycles. The van der Waals surface area contributed by atoms with Gasteiger partial charge in [0.25, 0.3) is 0 Å². The predicted molar refractivity (Wildman–Crippen MR) is 70.9 cm³/mol. The number of likely N-dealkylation sites (tertiary alicyclic amines) is 1. The number of halogens is 1. The van der Waals surface area contributed by atoms with Crippen LogP contribution in [0.3, 0.4) is 0 Å². The molecule has 1 aliphatic rings. The van der Waals surface area contributed by atoms with Crippen LogP contribution in [0, 0.1) is 0 Å². The van der Waals surface area contributed by atoms with Gasteiger partial charge in [0.1, 0.15) is 0 Å². The van der Waals surface area contributed by atoms with Crippen molar-refractivity contribution in [2.75, 3.05) is 13.1 Å². The second-order valence-corrected chi connectivity index (χ2v) is 4.71. The molecule has 1 saturated heterocycles. The molecular weight excluding hydrogens is 234 g/mol. The molecule has 0 radical (unpaired) electrons. The molecule has 1 aromatic rings. The number of nitrogens with zero attached hydrogens (tertiary/aromatic N) is 1. The molecule has 0 aliphatic carbocycles. The average Bonchev–Trinajstić information content (AvgIpc) is 2.39. The Labute approximate surface area is 107 Å². The van der Waals surface area contributed by atoms with E-state index >= 15 is 0 Å². The highest BCUT2D eigenvalue weighted by atomic mass is 35.5. The number of carbonyl (C=O) groups excluding carboxylic acids is 1. The molecule has 3 heteroatoms. The molecule has 1 fully saturated rings. The van der Waals surface area contributed by atoms with E-state index in [1.54, 1.807) is 6.08 Å². The van der Waals surface area contributed by atoms with Gasteiger partial charge < -0.3 is 4.90 Å². The lowest BCUT2D eigenvalue weighted by Crippen LogP contribution is -2.34. The monoisotopic (exact) mass is 249 g/mol. The predicted octanol–water partition coefficient (Wildman–Crippen LogP) is 3.37. The van der Waals surface area contributed by atoms with Crippen molar-refractivity contribution in [3.8, 4) is 0 Å². The van der Waals surface area contributed by atoms with Gasteiger partial charge in [-0.15, -0.1) is 0 Å². The molecule has 0 bridgehead atoms. The molecule has 0 saturated carbocycles. The first-order chi connectivity index (χ1) is 8.25. The van der Waals surface area contributed by atoms with Crippen LogP contribution >= 0.6 is 11.6 Å². The maximum absolute atomic E-state index is 11.9. The quantitative estimate of drug-likeness (QED) is 0.736. The molecule has 2 rings (SSSR count). The van der Waals surface area contributed by atoms with Gasteiger partial charge in [-0.25, -0.2) is 0 Å². The van der Waals surface area contributed by atoms with E-state index in [0.717, 1.165) is 31.5 Å². The number of amides is 1. The highest BCUT2D eigenvalue weighted by Crippen LogP contribution is 2.12. The molecule has 1 aromatic carbocycles. The summed E-state index contributed by atoms with van der Waals surface area (Å²) in [6.07, 6.45) is 6.98. The van der Waals surface area contributed by atoms with Gasteiger partial charge in [-0.05, 0) is 43.0 Å². The second kappa shape index (κ2) is 5.87. The first kappa shape index (κ1) is 12.2. The minimum absolute atomic E-state index is 0.111. The summed E-state index contributed by atoms with van der Waals surface area (Å²) in [5, 5.41) is 0.713. The third kappa shape index (κ3) is 3.60. The summed E-state index contributed by atoms with van der Waals surface area (Å²) < 4.78 is 0. The van der Waals surface area contributed by atoms with Crippen LogP contribution in [0.2, 0.25) is 5.02 Å². The van der Waals surface area contributed by atoms with Crippen LogP contribution in [-0.4, -0.2) is 23.9 Å². The van der Waals surface area contributed by atoms with Crippen LogP contribution in [0.1, 0.15) is 24.8 Å². The molecule has 1 aliphatic heterocycles. The van der Waals surface area contributed by atoms with Crippen molar-refractivity contribution in [3.05, 3.63) is 40.9 Å². The summed E-state index contributed by atoms with van der Waals surface area (Å²) in [6, 6.07) is 7.46. The van der Waals surface area contributed by atoms with E-state index < -0.39 is 0 Å². The van der Waals surface area contributed by atoms with Crippen molar-refractivity contribution in [3.63, 3.8) is 0 Å². The molecule has 2 nitrogen and oxygen atoms in total. The van der Waals surface area contributed by atoms with Gasteiger partial charge in [-0.1, -0.05) is 23.7 Å². The summed E-state index contributed by atoms with van der Waals surface area (Å²) >= 11 is 5.80. The van der Waals surface area contributed by atoms with Crippen LogP contribution in [0.5, 0.6) is 0 Å². The van der Waals surface area contributed by atoms with Crippen LogP contribution in [0.25, 0.3) is 6.08 Å². The Balaban J connectivity index is 1.95. The van der Waals surface area contributed by atoms with E-state index in [0.29, 0.717) is 5.02 Å². The fraction of sp³-hybridized carbons (Fsp3) is 0.357. The normalized spacial score (nSPS) is 16.4. The number of benzene rings is 1. The second-order valence-electron chi connectivity index (χ2n) is 4.27. The van der Waals surface area contributed by atoms with Crippen molar-refractivity contribution in [1.82, 2.24) is 4.90 Å². The van der Waals surface area contributed by atoms with E-state index in [4.69, 9.17) is 11.6 Å². The van der Waals surface area contributed by atoms with E-state index in [-0.39, 0.29) is 5.91 Å². The highest BCUT2D eigenvalue weighted by Gasteiger charge is 2.13. The van der Waals surface area contributed by atoms with E-state index in [1.165, 1.54) is 6.42 Å². The number of hydrogen-bond donors (Lipinski definition) is 0. The zero-order valence-electron chi connectivity index (χ0n) is 9.73. The summed E-state index contributed by atoms with van der Waals surface area (Å²) in [5.74, 6) is 0.111. The van der Waals surface area contributed by atoms with E-state index in [9.17, 15) is 4.79 Å². The number of carbonyl (C=O) groups is 1. The Kier molecular flexibility index (Phi) is 4.21. The van der Waals surface area contributed by atoms with Crippen molar-refractivity contribution >= 4 is 23.6 Å². The minimum atomic E-state index is 0.111. The molecule has 90 valence electrons. The minimum Gasteiger partial charge on any atom is -0.339 e. The fourth-order valence-electron chi connectivity index (χ4n) is 1.96. The zero-order valence-corrected chi connectivity index (χ0v) is 10.5. The average molecular weight is 250 g/mol. The molecule has 0 atom stereocenters. The Hall–Kier alpha value is -1.28. The molecule has 0 spiro atoms. The summed E-state index contributed by atoms with van der Waals surface area (Å²) in [7, 11) is 0. The summed E-state index contributed by atoms with van der Waals surface area (Å²) in [5.41, 5.74) is 1.000. The maximum atomic E-state index is 11.9. The number of piperidine rings is 1. The lowest BCUT2D eigenvalue weighted by atomic mass is 10.1. The fourth-order valence-corrected chi connectivity index (χ4v) is 2.09. The van der Waals surface area contributed by atoms with Gasteiger partial charge in [-0.3, -0.25) is 4.79 Å². The summed E-state index contributed by atoms with van der Waals surface area (Å²) in [6.45, 7) is 1.79. The highest BCUT2D eigenvalue weighted by molar-refractivity contribution is 6.30. The third-order valence-corrected chi connectivity index (χ3v) is 3.21. The zero-order chi connectivity index (χ0) is 12.1. The topological polar surface area (TPSA) is 20.3 Å². The van der Waals surface area contributed by atoms with Gasteiger partial charge in [0.2, 0.25) is 5.91 Å². The Bertz CT molecular complexity index is 405.